The lowest BCUT2D eigenvalue weighted by molar-refractivity contribution is -0.686. The van der Waals surface area contributed by atoms with Crippen LogP contribution in [-0.4, -0.2) is 12.2 Å². The van der Waals surface area contributed by atoms with Gasteiger partial charge in [-0.3, -0.25) is 0 Å². The van der Waals surface area contributed by atoms with Gasteiger partial charge in [-0.05, 0) is 42.1 Å². The Labute approximate surface area is 129 Å². The van der Waals surface area contributed by atoms with Crippen LogP contribution in [0.5, 0.6) is 11.5 Å². The second-order valence-corrected chi connectivity index (χ2v) is 5.84. The Morgan fingerprint density at radius 2 is 2.00 bits per heavy atom. The van der Waals surface area contributed by atoms with E-state index in [1.165, 1.54) is 33.2 Å². The van der Waals surface area contributed by atoms with Gasteiger partial charge in [-0.1, -0.05) is 6.07 Å². The third-order valence-electron chi connectivity index (χ3n) is 4.59. The van der Waals surface area contributed by atoms with Gasteiger partial charge in [-0.2, -0.15) is 4.57 Å². The Hall–Kier alpha value is -2.55. The van der Waals surface area contributed by atoms with Gasteiger partial charge in [0.15, 0.2) is 12.7 Å². The normalized spacial score (nSPS) is 12.8. The Balaban J connectivity index is 1.99. The van der Waals surface area contributed by atoms with Crippen LogP contribution >= 0.6 is 0 Å². The highest BCUT2D eigenvalue weighted by Crippen LogP contribution is 2.32. The first kappa shape index (κ1) is 13.1. The van der Waals surface area contributed by atoms with Gasteiger partial charge in [0, 0.05) is 23.6 Å². The number of pyridine rings is 1. The molecule has 0 bridgehead atoms. The van der Waals surface area contributed by atoms with Crippen molar-refractivity contribution in [2.45, 2.75) is 19.9 Å². The zero-order valence-corrected chi connectivity index (χ0v) is 12.8. The molecule has 0 unspecified atom stereocenters. The van der Waals surface area contributed by atoms with E-state index in [9.17, 15) is 5.11 Å². The SMILES string of the molecule is COc1ccc2cc3[n+](cc2c1C)CCc1cc(O)ccc1-3. The largest absolute Gasteiger partial charge is 0.508 e. The molecule has 0 saturated carbocycles. The molecule has 1 N–H and O–H groups in total. The van der Waals surface area contributed by atoms with E-state index in [0.29, 0.717) is 5.75 Å². The van der Waals surface area contributed by atoms with E-state index < -0.39 is 0 Å². The number of methoxy groups -OCH3 is 1. The first-order valence-corrected chi connectivity index (χ1v) is 7.50. The van der Waals surface area contributed by atoms with Gasteiger partial charge in [-0.25, -0.2) is 0 Å². The Kier molecular flexibility index (Phi) is 2.83. The average Bonchev–Trinajstić information content (AvgIpc) is 2.53. The lowest BCUT2D eigenvalue weighted by atomic mass is 9.95. The van der Waals surface area contributed by atoms with Crippen molar-refractivity contribution < 1.29 is 14.4 Å². The molecule has 0 aliphatic carbocycles. The molecule has 1 aromatic heterocycles. The summed E-state index contributed by atoms with van der Waals surface area (Å²) in [5.41, 5.74) is 4.80. The van der Waals surface area contributed by atoms with Crippen LogP contribution in [0.1, 0.15) is 11.1 Å². The molecular weight excluding hydrogens is 274 g/mol. The van der Waals surface area contributed by atoms with Crippen molar-refractivity contribution in [3.05, 3.63) is 53.7 Å². The van der Waals surface area contributed by atoms with Gasteiger partial charge < -0.3 is 9.84 Å². The van der Waals surface area contributed by atoms with E-state index >= 15 is 0 Å². The molecule has 3 nitrogen and oxygen atoms in total. The van der Waals surface area contributed by atoms with Crippen molar-refractivity contribution in [3.8, 4) is 22.8 Å². The average molecular weight is 292 g/mol. The fourth-order valence-corrected chi connectivity index (χ4v) is 3.40. The van der Waals surface area contributed by atoms with Gasteiger partial charge in [0.1, 0.15) is 11.5 Å². The molecule has 0 atom stereocenters. The molecule has 3 heteroatoms. The predicted molar refractivity (Wildman–Crippen MR) is 86.2 cm³/mol. The number of phenols is 1. The van der Waals surface area contributed by atoms with E-state index in [4.69, 9.17) is 4.74 Å². The van der Waals surface area contributed by atoms with Crippen molar-refractivity contribution in [1.29, 1.82) is 0 Å². The molecule has 1 aliphatic heterocycles. The van der Waals surface area contributed by atoms with Crippen molar-refractivity contribution in [3.63, 3.8) is 0 Å². The fourth-order valence-electron chi connectivity index (χ4n) is 3.40. The molecule has 110 valence electrons. The number of aromatic nitrogens is 1. The van der Waals surface area contributed by atoms with Crippen LogP contribution < -0.4 is 9.30 Å². The van der Waals surface area contributed by atoms with Crippen molar-refractivity contribution in [2.75, 3.05) is 7.11 Å². The summed E-state index contributed by atoms with van der Waals surface area (Å²) in [6.07, 6.45) is 3.16. The number of aryl methyl sites for hydroxylation is 3. The fraction of sp³-hybridized carbons (Fsp3) is 0.211. The Morgan fingerprint density at radius 3 is 2.82 bits per heavy atom. The van der Waals surface area contributed by atoms with Crippen molar-refractivity contribution in [2.24, 2.45) is 0 Å². The Morgan fingerprint density at radius 1 is 1.14 bits per heavy atom. The molecule has 22 heavy (non-hydrogen) atoms. The first-order chi connectivity index (χ1) is 10.7. The summed E-state index contributed by atoms with van der Waals surface area (Å²) in [6, 6.07) is 12.0. The summed E-state index contributed by atoms with van der Waals surface area (Å²) >= 11 is 0. The topological polar surface area (TPSA) is 33.3 Å². The summed E-state index contributed by atoms with van der Waals surface area (Å²) < 4.78 is 7.73. The van der Waals surface area contributed by atoms with Gasteiger partial charge in [-0.15, -0.1) is 0 Å². The molecule has 1 aliphatic rings. The smallest absolute Gasteiger partial charge is 0.213 e. The molecule has 0 saturated heterocycles. The van der Waals surface area contributed by atoms with Gasteiger partial charge >= 0.3 is 0 Å². The van der Waals surface area contributed by atoms with Gasteiger partial charge in [0.25, 0.3) is 0 Å². The van der Waals surface area contributed by atoms with Crippen molar-refractivity contribution >= 4 is 10.8 Å². The molecular formula is C19H18NO2+. The maximum atomic E-state index is 9.68. The number of aromatic hydroxyl groups is 1. The maximum absolute atomic E-state index is 9.68. The summed E-state index contributed by atoms with van der Waals surface area (Å²) in [6.45, 7) is 3.03. The molecule has 0 spiro atoms. The lowest BCUT2D eigenvalue weighted by Gasteiger charge is -2.16. The molecule has 3 aromatic rings. The van der Waals surface area contributed by atoms with Crippen LogP contribution in [-0.2, 0) is 13.0 Å². The summed E-state index contributed by atoms with van der Waals surface area (Å²) in [5.74, 6) is 1.27. The maximum Gasteiger partial charge on any atom is 0.213 e. The second kappa shape index (κ2) is 4.73. The zero-order valence-electron chi connectivity index (χ0n) is 12.8. The van der Waals surface area contributed by atoms with Crippen LogP contribution in [0, 0.1) is 6.92 Å². The monoisotopic (exact) mass is 292 g/mol. The molecule has 2 heterocycles. The number of hydrogen-bond donors (Lipinski definition) is 1. The minimum atomic E-state index is 0.341. The lowest BCUT2D eigenvalue weighted by Crippen LogP contribution is -2.40. The van der Waals surface area contributed by atoms with E-state index in [-0.39, 0.29) is 0 Å². The number of nitrogens with zero attached hydrogens (tertiary/aromatic N) is 1. The van der Waals surface area contributed by atoms with Gasteiger partial charge in [0.2, 0.25) is 5.69 Å². The van der Waals surface area contributed by atoms with Crippen LogP contribution in [0.3, 0.4) is 0 Å². The standard InChI is InChI=1S/C19H17NO2/c1-12-17-11-20-8-7-14-9-15(21)4-5-16(14)18(20)10-13(17)3-6-19(12)22-2/h3-6,9-11H,7-8H2,1-2H3/p+1. The summed E-state index contributed by atoms with van der Waals surface area (Å²) in [4.78, 5) is 0. The predicted octanol–water partition coefficient (Wildman–Crippen LogP) is 3.37. The highest BCUT2D eigenvalue weighted by molar-refractivity contribution is 5.88. The number of hydrogen-bond acceptors (Lipinski definition) is 2. The number of fused-ring (bicyclic) bond motifs is 4. The van der Waals surface area contributed by atoms with E-state index in [1.807, 2.05) is 18.2 Å². The van der Waals surface area contributed by atoms with Gasteiger partial charge in [0.05, 0.1) is 12.5 Å². The molecule has 0 fully saturated rings. The highest BCUT2D eigenvalue weighted by Gasteiger charge is 2.24. The molecule has 4 rings (SSSR count). The summed E-state index contributed by atoms with van der Waals surface area (Å²) in [7, 11) is 1.71. The van der Waals surface area contributed by atoms with Crippen LogP contribution in [0.15, 0.2) is 42.6 Å². The minimum absolute atomic E-state index is 0.341. The Bertz CT molecular complexity index is 900. The number of ether oxygens (including phenoxy) is 1. The van der Waals surface area contributed by atoms with Crippen LogP contribution in [0.25, 0.3) is 22.0 Å². The first-order valence-electron chi connectivity index (χ1n) is 7.50. The second-order valence-electron chi connectivity index (χ2n) is 5.84. The van der Waals surface area contributed by atoms with Crippen molar-refractivity contribution in [1.82, 2.24) is 0 Å². The van der Waals surface area contributed by atoms with E-state index in [2.05, 4.69) is 29.8 Å². The summed E-state index contributed by atoms with van der Waals surface area (Å²) in [5, 5.41) is 12.1. The third-order valence-corrected chi connectivity index (χ3v) is 4.59. The van der Waals surface area contributed by atoms with E-state index in [0.717, 1.165) is 18.7 Å². The number of phenolic OH excluding ortho intramolecular Hbond substituents is 1. The number of benzene rings is 2. The molecule has 2 aromatic carbocycles. The third kappa shape index (κ3) is 1.86. The van der Waals surface area contributed by atoms with Crippen LogP contribution in [0.4, 0.5) is 0 Å². The highest BCUT2D eigenvalue weighted by atomic mass is 16.5. The molecule has 0 radical (unpaired) electrons. The van der Waals surface area contributed by atoms with E-state index in [1.54, 1.807) is 13.2 Å². The molecule has 0 amide bonds. The minimum Gasteiger partial charge on any atom is -0.508 e. The van der Waals surface area contributed by atoms with Crippen LogP contribution in [0.2, 0.25) is 0 Å². The number of rotatable bonds is 1. The zero-order chi connectivity index (χ0) is 15.3. The quantitative estimate of drug-likeness (QED) is 0.698.